The summed E-state index contributed by atoms with van der Waals surface area (Å²) in [6, 6.07) is 1.75. The van der Waals surface area contributed by atoms with Gasteiger partial charge in [-0.1, -0.05) is 89.9 Å². The monoisotopic (exact) mass is 546 g/mol. The van der Waals surface area contributed by atoms with Crippen molar-refractivity contribution in [3.05, 3.63) is 17.5 Å². The predicted molar refractivity (Wildman–Crippen MR) is 151 cm³/mol. The van der Waals surface area contributed by atoms with Gasteiger partial charge in [0.2, 0.25) is 5.28 Å². The lowest BCUT2D eigenvalue weighted by Gasteiger charge is -2.26. The SMILES string of the molecule is C#C[C@]1(COC(=O)CCCCCCCCCCCCCCC)O[C@@H](n2ccc3c(N)nc(Cl)nc32)C[C@@H]1O. The highest BCUT2D eigenvalue weighted by atomic mass is 35.5. The molecule has 2 aromatic heterocycles. The number of aliphatic hydroxyl groups excluding tert-OH is 1. The predicted octanol–water partition coefficient (Wildman–Crippen LogP) is 6.34. The van der Waals surface area contributed by atoms with Gasteiger partial charge < -0.3 is 24.9 Å². The second-order valence-electron chi connectivity index (χ2n) is 10.3. The van der Waals surface area contributed by atoms with Crippen molar-refractivity contribution in [1.29, 1.82) is 0 Å². The Morgan fingerprint density at radius 1 is 1.16 bits per heavy atom. The number of hydrogen-bond acceptors (Lipinski definition) is 7. The zero-order valence-electron chi connectivity index (χ0n) is 22.7. The number of fused-ring (bicyclic) bond motifs is 1. The zero-order valence-corrected chi connectivity index (χ0v) is 23.4. The molecule has 1 fully saturated rings. The number of esters is 1. The molecule has 9 heteroatoms. The Bertz CT molecular complexity index is 1070. The van der Waals surface area contributed by atoms with Gasteiger partial charge in [0.1, 0.15) is 30.4 Å². The Kier molecular flexibility index (Phi) is 12.2. The topological polar surface area (TPSA) is 112 Å². The molecule has 210 valence electrons. The van der Waals surface area contributed by atoms with Crippen LogP contribution in [0.2, 0.25) is 5.28 Å². The van der Waals surface area contributed by atoms with Crippen LogP contribution in [-0.2, 0) is 14.3 Å². The molecule has 3 heterocycles. The Morgan fingerprint density at radius 2 is 1.76 bits per heavy atom. The van der Waals surface area contributed by atoms with Crippen molar-refractivity contribution < 1.29 is 19.4 Å². The molecule has 0 radical (unpaired) electrons. The fourth-order valence-electron chi connectivity index (χ4n) is 5.03. The largest absolute Gasteiger partial charge is 0.461 e. The molecule has 2 aromatic rings. The van der Waals surface area contributed by atoms with Crippen LogP contribution in [0.25, 0.3) is 11.0 Å². The first-order valence-corrected chi connectivity index (χ1v) is 14.6. The number of unbranched alkanes of at least 4 members (excludes halogenated alkanes) is 12. The third-order valence-corrected chi connectivity index (χ3v) is 7.54. The van der Waals surface area contributed by atoms with E-state index in [1.165, 1.54) is 64.2 Å². The van der Waals surface area contributed by atoms with E-state index in [0.29, 0.717) is 17.5 Å². The van der Waals surface area contributed by atoms with Gasteiger partial charge in [0.05, 0.1) is 5.39 Å². The summed E-state index contributed by atoms with van der Waals surface area (Å²) in [6.07, 6.45) is 22.5. The highest BCUT2D eigenvalue weighted by Crippen LogP contribution is 2.39. The van der Waals surface area contributed by atoms with Gasteiger partial charge in [-0.3, -0.25) is 4.79 Å². The maximum Gasteiger partial charge on any atom is 0.305 e. The maximum atomic E-state index is 12.3. The molecule has 8 nitrogen and oxygen atoms in total. The third kappa shape index (κ3) is 8.33. The van der Waals surface area contributed by atoms with Crippen LogP contribution in [-0.4, -0.2) is 43.9 Å². The molecule has 0 saturated carbocycles. The van der Waals surface area contributed by atoms with Crippen molar-refractivity contribution in [2.75, 3.05) is 12.3 Å². The van der Waals surface area contributed by atoms with Crippen molar-refractivity contribution in [3.63, 3.8) is 0 Å². The number of terminal acetylenes is 1. The molecular formula is C29H43ClN4O4. The van der Waals surface area contributed by atoms with Crippen LogP contribution in [0.1, 0.15) is 109 Å². The summed E-state index contributed by atoms with van der Waals surface area (Å²) in [6.45, 7) is 2.04. The van der Waals surface area contributed by atoms with Gasteiger partial charge >= 0.3 is 5.97 Å². The minimum absolute atomic E-state index is 0.0128. The summed E-state index contributed by atoms with van der Waals surface area (Å²) < 4.78 is 13.2. The fourth-order valence-corrected chi connectivity index (χ4v) is 5.20. The van der Waals surface area contributed by atoms with E-state index >= 15 is 0 Å². The third-order valence-electron chi connectivity index (χ3n) is 7.37. The molecule has 1 saturated heterocycles. The lowest BCUT2D eigenvalue weighted by molar-refractivity contribution is -0.156. The minimum Gasteiger partial charge on any atom is -0.461 e. The van der Waals surface area contributed by atoms with Gasteiger partial charge in [-0.25, -0.2) is 4.98 Å². The fraction of sp³-hybridized carbons (Fsp3) is 0.690. The normalized spacial score (nSPS) is 21.1. The molecular weight excluding hydrogens is 504 g/mol. The van der Waals surface area contributed by atoms with Crippen molar-refractivity contribution in [3.8, 4) is 12.3 Å². The van der Waals surface area contributed by atoms with Crippen LogP contribution in [0.5, 0.6) is 0 Å². The smallest absolute Gasteiger partial charge is 0.305 e. The Labute approximate surface area is 231 Å². The summed E-state index contributed by atoms with van der Waals surface area (Å²) >= 11 is 5.97. The molecule has 0 spiro atoms. The van der Waals surface area contributed by atoms with Crippen LogP contribution in [0.15, 0.2) is 12.3 Å². The highest BCUT2D eigenvalue weighted by Gasteiger charge is 2.49. The highest BCUT2D eigenvalue weighted by molar-refractivity contribution is 6.28. The van der Waals surface area contributed by atoms with Gasteiger partial charge in [-0.05, 0) is 24.1 Å². The number of carbonyl (C=O) groups is 1. The number of carbonyl (C=O) groups excluding carboxylic acids is 1. The first kappa shape index (κ1) is 30.2. The van der Waals surface area contributed by atoms with Gasteiger partial charge in [-0.2, -0.15) is 4.98 Å². The average Bonchev–Trinajstić information content (AvgIpc) is 3.46. The van der Waals surface area contributed by atoms with E-state index in [9.17, 15) is 9.90 Å². The summed E-state index contributed by atoms with van der Waals surface area (Å²) in [7, 11) is 0. The number of aromatic nitrogens is 3. The van der Waals surface area contributed by atoms with Crippen molar-refractivity contribution in [2.24, 2.45) is 0 Å². The van der Waals surface area contributed by atoms with Crippen molar-refractivity contribution in [2.45, 2.75) is 121 Å². The van der Waals surface area contributed by atoms with Gasteiger partial charge in [-0.15, -0.1) is 6.42 Å². The van der Waals surface area contributed by atoms with E-state index in [-0.39, 0.29) is 30.1 Å². The van der Waals surface area contributed by atoms with Crippen LogP contribution < -0.4 is 5.73 Å². The number of aliphatic hydroxyl groups is 1. The van der Waals surface area contributed by atoms with E-state index in [0.717, 1.165) is 19.3 Å². The molecule has 1 aliphatic heterocycles. The van der Waals surface area contributed by atoms with Crippen LogP contribution >= 0.6 is 11.6 Å². The van der Waals surface area contributed by atoms with Crippen molar-refractivity contribution >= 4 is 34.4 Å². The minimum atomic E-state index is -1.44. The van der Waals surface area contributed by atoms with Gasteiger partial charge in [0, 0.05) is 19.0 Å². The first-order chi connectivity index (χ1) is 18.4. The van der Waals surface area contributed by atoms with E-state index in [2.05, 4.69) is 22.8 Å². The maximum absolute atomic E-state index is 12.3. The molecule has 3 atom stereocenters. The Morgan fingerprint density at radius 3 is 2.37 bits per heavy atom. The molecule has 1 aliphatic rings. The van der Waals surface area contributed by atoms with Gasteiger partial charge in [0.15, 0.2) is 5.60 Å². The van der Waals surface area contributed by atoms with Crippen LogP contribution in [0, 0.1) is 12.3 Å². The van der Waals surface area contributed by atoms with Crippen LogP contribution in [0.4, 0.5) is 5.82 Å². The van der Waals surface area contributed by atoms with Crippen LogP contribution in [0.3, 0.4) is 0 Å². The number of rotatable bonds is 17. The van der Waals surface area contributed by atoms with E-state index in [1.807, 2.05) is 0 Å². The standard InChI is InChI=1S/C29H43ClN4O4/c1-3-5-6-7-8-9-10-11-12-13-14-15-16-17-25(36)37-21-29(4-2)23(35)20-24(38-29)34-19-18-22-26(31)32-28(30)33-27(22)34/h2,18-19,23-24,35H,3,5-17,20-21H2,1H3,(H2,31,32,33)/t23-,24+,29+/m0/s1. The zero-order chi connectivity index (χ0) is 27.4. The van der Waals surface area contributed by atoms with E-state index < -0.39 is 17.9 Å². The molecule has 3 N–H and O–H groups in total. The summed E-state index contributed by atoms with van der Waals surface area (Å²) in [5, 5.41) is 11.4. The molecule has 3 rings (SSSR count). The van der Waals surface area contributed by atoms with Crippen molar-refractivity contribution in [1.82, 2.24) is 14.5 Å². The Hall–Kier alpha value is -2.34. The number of halogens is 1. The summed E-state index contributed by atoms with van der Waals surface area (Å²) in [5.74, 6) is 2.44. The lowest BCUT2D eigenvalue weighted by atomic mass is 9.99. The molecule has 0 aliphatic carbocycles. The van der Waals surface area contributed by atoms with E-state index in [1.54, 1.807) is 16.8 Å². The number of ether oxygens (including phenoxy) is 2. The average molecular weight is 547 g/mol. The second kappa shape index (κ2) is 15.3. The van der Waals surface area contributed by atoms with E-state index in [4.69, 9.17) is 33.2 Å². The Balaban J connectivity index is 1.34. The van der Waals surface area contributed by atoms with Gasteiger partial charge in [0.25, 0.3) is 0 Å². The molecule has 0 amide bonds. The molecule has 0 unspecified atom stereocenters. The number of nitrogens with two attached hydrogens (primary N) is 1. The lowest BCUT2D eigenvalue weighted by Crippen LogP contribution is -2.43. The number of anilines is 1. The second-order valence-corrected chi connectivity index (χ2v) is 10.7. The quantitative estimate of drug-likeness (QED) is 0.103. The number of hydrogen-bond donors (Lipinski definition) is 2. The number of nitrogen functional groups attached to an aromatic ring is 1. The summed E-state index contributed by atoms with van der Waals surface area (Å²) in [5.41, 5.74) is 4.98. The molecule has 0 bridgehead atoms. The first-order valence-electron chi connectivity index (χ1n) is 14.2. The summed E-state index contributed by atoms with van der Waals surface area (Å²) in [4.78, 5) is 20.5. The molecule has 38 heavy (non-hydrogen) atoms. The number of nitrogens with zero attached hydrogens (tertiary/aromatic N) is 3. The molecule has 0 aromatic carbocycles.